The van der Waals surface area contributed by atoms with Gasteiger partial charge in [-0.05, 0) is 68.7 Å². The second-order valence-electron chi connectivity index (χ2n) is 6.51. The highest BCUT2D eigenvalue weighted by atomic mass is 32.2. The first-order valence-electron chi connectivity index (χ1n) is 8.59. The topological polar surface area (TPSA) is 66.5 Å². The largest absolute Gasteiger partial charge is 0.346 e. The third kappa shape index (κ3) is 4.64. The van der Waals surface area contributed by atoms with Gasteiger partial charge in [0, 0.05) is 12.1 Å². The van der Waals surface area contributed by atoms with Crippen molar-refractivity contribution in [3.63, 3.8) is 0 Å². The average Bonchev–Trinajstić information content (AvgIpc) is 2.57. The van der Waals surface area contributed by atoms with Crippen LogP contribution in [0.5, 0.6) is 0 Å². The molecule has 2 aromatic rings. The van der Waals surface area contributed by atoms with E-state index in [0.29, 0.717) is 17.8 Å². The SMILES string of the molecule is CCN(c1ccc(C(=O)N[C@H](C)c2ccc(C)c(C)c2)cc1)S(C)(=O)=O. The van der Waals surface area contributed by atoms with Crippen molar-refractivity contribution in [1.29, 1.82) is 0 Å². The van der Waals surface area contributed by atoms with Crippen LogP contribution in [0.1, 0.15) is 46.9 Å². The summed E-state index contributed by atoms with van der Waals surface area (Å²) in [6.07, 6.45) is 1.17. The maximum atomic E-state index is 12.5. The zero-order valence-corrected chi connectivity index (χ0v) is 16.7. The molecule has 0 bridgehead atoms. The molecular formula is C20H26N2O3S. The lowest BCUT2D eigenvalue weighted by atomic mass is 10.0. The van der Waals surface area contributed by atoms with Gasteiger partial charge in [-0.1, -0.05) is 18.2 Å². The van der Waals surface area contributed by atoms with Crippen molar-refractivity contribution < 1.29 is 13.2 Å². The number of benzene rings is 2. The average molecular weight is 375 g/mol. The molecule has 0 heterocycles. The third-order valence-electron chi connectivity index (χ3n) is 4.48. The van der Waals surface area contributed by atoms with Gasteiger partial charge in [-0.3, -0.25) is 9.10 Å². The Balaban J connectivity index is 2.13. The molecule has 26 heavy (non-hydrogen) atoms. The zero-order valence-electron chi connectivity index (χ0n) is 15.9. The summed E-state index contributed by atoms with van der Waals surface area (Å²) in [5.41, 5.74) is 4.50. The van der Waals surface area contributed by atoms with Crippen molar-refractivity contribution in [3.05, 3.63) is 64.7 Å². The summed E-state index contributed by atoms with van der Waals surface area (Å²) in [5.74, 6) is -0.190. The molecular weight excluding hydrogens is 348 g/mol. The first-order valence-corrected chi connectivity index (χ1v) is 10.4. The van der Waals surface area contributed by atoms with Gasteiger partial charge in [-0.25, -0.2) is 8.42 Å². The minimum absolute atomic E-state index is 0.121. The number of hydrogen-bond donors (Lipinski definition) is 1. The molecule has 0 unspecified atom stereocenters. The molecule has 0 saturated heterocycles. The van der Waals surface area contributed by atoms with Gasteiger partial charge in [-0.2, -0.15) is 0 Å². The van der Waals surface area contributed by atoms with E-state index in [1.165, 1.54) is 21.7 Å². The molecule has 0 saturated carbocycles. The van der Waals surface area contributed by atoms with E-state index in [-0.39, 0.29) is 11.9 Å². The van der Waals surface area contributed by atoms with Crippen LogP contribution in [0.2, 0.25) is 0 Å². The van der Waals surface area contributed by atoms with E-state index in [9.17, 15) is 13.2 Å². The first-order chi connectivity index (χ1) is 12.1. The Bertz CT molecular complexity index is 890. The zero-order chi connectivity index (χ0) is 19.5. The maximum absolute atomic E-state index is 12.5. The van der Waals surface area contributed by atoms with Crippen molar-refractivity contribution in [3.8, 4) is 0 Å². The number of hydrogen-bond acceptors (Lipinski definition) is 3. The number of amides is 1. The van der Waals surface area contributed by atoms with Gasteiger partial charge in [-0.15, -0.1) is 0 Å². The lowest BCUT2D eigenvalue weighted by Crippen LogP contribution is -2.29. The monoisotopic (exact) mass is 374 g/mol. The number of anilines is 1. The number of nitrogens with zero attached hydrogens (tertiary/aromatic N) is 1. The van der Waals surface area contributed by atoms with Crippen molar-refractivity contribution in [1.82, 2.24) is 5.32 Å². The summed E-state index contributed by atoms with van der Waals surface area (Å²) in [7, 11) is -3.33. The van der Waals surface area contributed by atoms with Crippen molar-refractivity contribution in [2.24, 2.45) is 0 Å². The summed E-state index contributed by atoms with van der Waals surface area (Å²) in [6, 6.07) is 12.6. The standard InChI is InChI=1S/C20H26N2O3S/c1-6-22(26(5,24)25)19-11-9-17(10-12-19)20(23)21-16(4)18-8-7-14(2)15(3)13-18/h7-13,16H,6H2,1-5H3,(H,21,23)/t16-/m1/s1. The van der Waals surface area contributed by atoms with Gasteiger partial charge in [0.15, 0.2) is 0 Å². The molecule has 2 rings (SSSR count). The van der Waals surface area contributed by atoms with E-state index in [2.05, 4.69) is 18.3 Å². The van der Waals surface area contributed by atoms with Crippen LogP contribution < -0.4 is 9.62 Å². The van der Waals surface area contributed by atoms with Crippen molar-refractivity contribution in [2.45, 2.75) is 33.7 Å². The summed E-state index contributed by atoms with van der Waals surface area (Å²) < 4.78 is 24.9. The molecule has 6 heteroatoms. The first kappa shape index (κ1) is 20.0. The molecule has 2 aromatic carbocycles. The normalized spacial score (nSPS) is 12.5. The molecule has 0 aliphatic heterocycles. The highest BCUT2D eigenvalue weighted by Gasteiger charge is 2.16. The highest BCUT2D eigenvalue weighted by molar-refractivity contribution is 7.92. The van der Waals surface area contributed by atoms with E-state index < -0.39 is 10.0 Å². The number of carbonyl (C=O) groups excluding carboxylic acids is 1. The number of aryl methyl sites for hydroxylation is 2. The quantitative estimate of drug-likeness (QED) is 0.840. The second kappa shape index (κ2) is 7.91. The molecule has 0 radical (unpaired) electrons. The lowest BCUT2D eigenvalue weighted by Gasteiger charge is -2.21. The molecule has 0 fully saturated rings. The Morgan fingerprint density at radius 3 is 2.19 bits per heavy atom. The number of nitrogens with one attached hydrogen (secondary N) is 1. The summed E-state index contributed by atoms with van der Waals surface area (Å²) >= 11 is 0. The minimum Gasteiger partial charge on any atom is -0.346 e. The van der Waals surface area contributed by atoms with Gasteiger partial charge < -0.3 is 5.32 Å². The Kier molecular flexibility index (Phi) is 6.08. The van der Waals surface area contributed by atoms with Crippen LogP contribution >= 0.6 is 0 Å². The smallest absolute Gasteiger partial charge is 0.251 e. The molecule has 0 spiro atoms. The van der Waals surface area contributed by atoms with E-state index in [1.54, 1.807) is 31.2 Å². The summed E-state index contributed by atoms with van der Waals surface area (Å²) in [4.78, 5) is 12.5. The van der Waals surface area contributed by atoms with E-state index in [0.717, 1.165) is 5.56 Å². The Morgan fingerprint density at radius 2 is 1.69 bits per heavy atom. The van der Waals surface area contributed by atoms with Crippen LogP contribution in [0.4, 0.5) is 5.69 Å². The van der Waals surface area contributed by atoms with E-state index >= 15 is 0 Å². The summed E-state index contributed by atoms with van der Waals surface area (Å²) in [5, 5.41) is 2.98. The predicted octanol–water partition coefficient (Wildman–Crippen LogP) is 3.58. The fraction of sp³-hybridized carbons (Fsp3) is 0.350. The molecule has 5 nitrogen and oxygen atoms in total. The minimum atomic E-state index is -3.33. The van der Waals surface area contributed by atoms with Gasteiger partial charge in [0.2, 0.25) is 10.0 Å². The predicted molar refractivity (Wildman–Crippen MR) is 106 cm³/mol. The number of sulfonamides is 1. The van der Waals surface area contributed by atoms with Crippen LogP contribution in [-0.4, -0.2) is 27.1 Å². The van der Waals surface area contributed by atoms with Gasteiger partial charge in [0.25, 0.3) is 5.91 Å². The fourth-order valence-corrected chi connectivity index (χ4v) is 3.76. The Morgan fingerprint density at radius 1 is 1.08 bits per heavy atom. The molecule has 140 valence electrons. The van der Waals surface area contributed by atoms with Gasteiger partial charge in [0.05, 0.1) is 18.0 Å². The van der Waals surface area contributed by atoms with Crippen LogP contribution in [0.25, 0.3) is 0 Å². The fourth-order valence-electron chi connectivity index (χ4n) is 2.78. The molecule has 1 atom stereocenters. The molecule has 0 aromatic heterocycles. The van der Waals surface area contributed by atoms with Crippen molar-refractivity contribution in [2.75, 3.05) is 17.1 Å². The highest BCUT2D eigenvalue weighted by Crippen LogP contribution is 2.20. The lowest BCUT2D eigenvalue weighted by molar-refractivity contribution is 0.0940. The molecule has 0 aliphatic carbocycles. The Hall–Kier alpha value is -2.34. The molecule has 0 aliphatic rings. The van der Waals surface area contributed by atoms with E-state index in [4.69, 9.17) is 0 Å². The van der Waals surface area contributed by atoms with Gasteiger partial charge >= 0.3 is 0 Å². The third-order valence-corrected chi connectivity index (χ3v) is 5.75. The molecule has 1 N–H and O–H groups in total. The van der Waals surface area contributed by atoms with Crippen LogP contribution in [0, 0.1) is 13.8 Å². The van der Waals surface area contributed by atoms with Gasteiger partial charge in [0.1, 0.15) is 0 Å². The summed E-state index contributed by atoms with van der Waals surface area (Å²) in [6.45, 7) is 8.16. The van der Waals surface area contributed by atoms with Crippen LogP contribution in [-0.2, 0) is 10.0 Å². The maximum Gasteiger partial charge on any atom is 0.251 e. The number of carbonyl (C=O) groups is 1. The van der Waals surface area contributed by atoms with E-state index in [1.807, 2.05) is 26.0 Å². The number of rotatable bonds is 6. The van der Waals surface area contributed by atoms with Crippen LogP contribution in [0.3, 0.4) is 0 Å². The molecule has 1 amide bonds. The van der Waals surface area contributed by atoms with Crippen LogP contribution in [0.15, 0.2) is 42.5 Å². The van der Waals surface area contributed by atoms with Crippen molar-refractivity contribution >= 4 is 21.6 Å². The Labute approximate surface area is 156 Å². The second-order valence-corrected chi connectivity index (χ2v) is 8.42.